The van der Waals surface area contributed by atoms with Crippen molar-refractivity contribution in [2.75, 3.05) is 13.2 Å². The first-order valence-electron chi connectivity index (χ1n) is 7.61. The van der Waals surface area contributed by atoms with Crippen LogP contribution < -0.4 is 0 Å². The van der Waals surface area contributed by atoms with E-state index in [-0.39, 0.29) is 23.2 Å². The van der Waals surface area contributed by atoms with E-state index in [0.717, 1.165) is 15.6 Å². The third-order valence-electron chi connectivity index (χ3n) is 3.83. The molecule has 24 heavy (non-hydrogen) atoms. The quantitative estimate of drug-likeness (QED) is 0.852. The molecule has 1 unspecified atom stereocenters. The molecule has 0 aromatic heterocycles. The molecule has 0 bridgehead atoms. The van der Waals surface area contributed by atoms with Crippen molar-refractivity contribution in [2.45, 2.75) is 11.8 Å². The van der Waals surface area contributed by atoms with Gasteiger partial charge in [-0.2, -0.15) is 0 Å². The maximum absolute atomic E-state index is 12.9. The summed E-state index contributed by atoms with van der Waals surface area (Å²) in [6.45, 7) is 2.45. The summed E-state index contributed by atoms with van der Waals surface area (Å²) in [6, 6.07) is 12.8. The van der Waals surface area contributed by atoms with Crippen molar-refractivity contribution >= 4 is 16.1 Å². The van der Waals surface area contributed by atoms with Gasteiger partial charge in [-0.15, -0.1) is 0 Å². The molecule has 6 heteroatoms. The second-order valence-corrected chi connectivity index (χ2v) is 7.60. The molecule has 2 aromatic rings. The Hall–Kier alpha value is -2.02. The average Bonchev–Trinajstić information content (AvgIpc) is 3.04. The van der Waals surface area contributed by atoms with Crippen molar-refractivity contribution in [3.63, 3.8) is 0 Å². The van der Waals surface area contributed by atoms with E-state index in [4.69, 9.17) is 4.84 Å². The molecule has 0 saturated carbocycles. The second kappa shape index (κ2) is 6.84. The average molecular weight is 347 g/mol. The zero-order valence-electron chi connectivity index (χ0n) is 13.2. The summed E-state index contributed by atoms with van der Waals surface area (Å²) in [5.74, 6) is -0.331. The van der Waals surface area contributed by atoms with E-state index in [1.807, 2.05) is 19.1 Å². The van der Waals surface area contributed by atoms with Gasteiger partial charge in [-0.1, -0.05) is 46.4 Å². The van der Waals surface area contributed by atoms with Crippen LogP contribution >= 0.6 is 0 Å². The predicted molar refractivity (Wildman–Crippen MR) is 89.9 cm³/mol. The zero-order chi connectivity index (χ0) is 17.2. The third kappa shape index (κ3) is 3.72. The fourth-order valence-electron chi connectivity index (χ4n) is 2.41. The van der Waals surface area contributed by atoms with Gasteiger partial charge in [0, 0.05) is 12.5 Å². The molecule has 4 nitrogen and oxygen atoms in total. The first kappa shape index (κ1) is 16.8. The van der Waals surface area contributed by atoms with Crippen LogP contribution in [0.15, 0.2) is 59.5 Å². The van der Waals surface area contributed by atoms with Crippen LogP contribution in [0, 0.1) is 18.7 Å². The van der Waals surface area contributed by atoms with Crippen molar-refractivity contribution in [1.82, 2.24) is 4.47 Å². The monoisotopic (exact) mass is 347 g/mol. The van der Waals surface area contributed by atoms with Crippen LogP contribution in [0.2, 0.25) is 0 Å². The van der Waals surface area contributed by atoms with Crippen LogP contribution in [0.1, 0.15) is 11.1 Å². The van der Waals surface area contributed by atoms with E-state index >= 15 is 0 Å². The Morgan fingerprint density at radius 3 is 2.46 bits per heavy atom. The maximum atomic E-state index is 12.9. The molecule has 1 aliphatic rings. The normalized spacial score (nSPS) is 19.2. The Balaban J connectivity index is 1.68. The van der Waals surface area contributed by atoms with Crippen LogP contribution in [0.3, 0.4) is 0 Å². The van der Waals surface area contributed by atoms with Crippen LogP contribution in [-0.2, 0) is 14.9 Å². The van der Waals surface area contributed by atoms with E-state index in [0.29, 0.717) is 6.61 Å². The Morgan fingerprint density at radius 1 is 1.12 bits per heavy atom. The number of rotatable bonds is 4. The van der Waals surface area contributed by atoms with Crippen molar-refractivity contribution in [2.24, 2.45) is 5.92 Å². The number of hydroxylamine groups is 1. The number of halogens is 1. The molecule has 1 atom stereocenters. The van der Waals surface area contributed by atoms with Crippen LogP contribution in [0.5, 0.6) is 0 Å². The molecule has 0 N–H and O–H groups in total. The minimum atomic E-state index is -3.65. The molecule has 2 aromatic carbocycles. The molecule has 1 heterocycles. The summed E-state index contributed by atoms with van der Waals surface area (Å²) < 4.78 is 39.0. The molecule has 0 aliphatic carbocycles. The van der Waals surface area contributed by atoms with Gasteiger partial charge in [0.1, 0.15) is 5.82 Å². The molecular weight excluding hydrogens is 329 g/mol. The fraction of sp³-hybridized carbons (Fsp3) is 0.222. The first-order chi connectivity index (χ1) is 11.4. The minimum absolute atomic E-state index is 0.0460. The zero-order valence-corrected chi connectivity index (χ0v) is 14.0. The standard InChI is InChI=1S/C18H18FNO3S/c1-14-2-10-18(11-3-14)24(21,22)20-12-16(13-23-20)5-4-15-6-8-17(19)9-7-15/h2-11,16H,12-13H2,1H3/b5-4+. The third-order valence-corrected chi connectivity index (χ3v) is 5.49. The lowest BCUT2D eigenvalue weighted by Crippen LogP contribution is -2.27. The summed E-state index contributed by atoms with van der Waals surface area (Å²) in [7, 11) is -3.65. The maximum Gasteiger partial charge on any atom is 0.265 e. The lowest BCUT2D eigenvalue weighted by Gasteiger charge is -2.14. The van der Waals surface area contributed by atoms with Gasteiger partial charge in [0.25, 0.3) is 10.0 Å². The summed E-state index contributed by atoms with van der Waals surface area (Å²) in [6.07, 6.45) is 3.73. The lowest BCUT2D eigenvalue weighted by atomic mass is 10.1. The Labute approximate surface area is 141 Å². The Morgan fingerprint density at radius 2 is 1.79 bits per heavy atom. The van der Waals surface area contributed by atoms with Crippen molar-refractivity contribution in [1.29, 1.82) is 0 Å². The topological polar surface area (TPSA) is 46.6 Å². The highest BCUT2D eigenvalue weighted by atomic mass is 32.2. The molecule has 0 radical (unpaired) electrons. The first-order valence-corrected chi connectivity index (χ1v) is 9.05. The summed E-state index contributed by atoms with van der Waals surface area (Å²) in [5.41, 5.74) is 1.85. The minimum Gasteiger partial charge on any atom is -0.283 e. The SMILES string of the molecule is Cc1ccc(S(=O)(=O)N2CC(/C=C/c3ccc(F)cc3)CO2)cc1. The van der Waals surface area contributed by atoms with Gasteiger partial charge in [-0.05, 0) is 36.8 Å². The van der Waals surface area contributed by atoms with Crippen LogP contribution in [0.25, 0.3) is 6.08 Å². The van der Waals surface area contributed by atoms with Gasteiger partial charge in [0.2, 0.25) is 0 Å². The molecule has 126 valence electrons. The van der Waals surface area contributed by atoms with E-state index in [1.54, 1.807) is 36.4 Å². The molecule has 1 saturated heterocycles. The van der Waals surface area contributed by atoms with Gasteiger partial charge < -0.3 is 0 Å². The number of hydrogen-bond donors (Lipinski definition) is 0. The van der Waals surface area contributed by atoms with Crippen molar-refractivity contribution in [3.8, 4) is 0 Å². The van der Waals surface area contributed by atoms with Crippen LogP contribution in [0.4, 0.5) is 4.39 Å². The van der Waals surface area contributed by atoms with Gasteiger partial charge in [-0.25, -0.2) is 12.8 Å². The number of aryl methyl sites for hydroxylation is 1. The van der Waals surface area contributed by atoms with E-state index in [2.05, 4.69) is 0 Å². The summed E-state index contributed by atoms with van der Waals surface area (Å²) in [5, 5.41) is 0. The van der Waals surface area contributed by atoms with Crippen molar-refractivity contribution < 1.29 is 17.6 Å². The summed E-state index contributed by atoms with van der Waals surface area (Å²) in [4.78, 5) is 5.58. The predicted octanol–water partition coefficient (Wildman–Crippen LogP) is 3.40. The smallest absolute Gasteiger partial charge is 0.265 e. The molecule has 1 fully saturated rings. The Bertz CT molecular complexity index is 830. The van der Waals surface area contributed by atoms with Gasteiger partial charge in [0.15, 0.2) is 0 Å². The largest absolute Gasteiger partial charge is 0.283 e. The Kier molecular flexibility index (Phi) is 4.80. The highest BCUT2D eigenvalue weighted by molar-refractivity contribution is 7.89. The van der Waals surface area contributed by atoms with E-state index < -0.39 is 10.0 Å². The molecular formula is C18H18FNO3S. The second-order valence-electron chi connectivity index (χ2n) is 5.77. The molecule has 3 rings (SSSR count). The van der Waals surface area contributed by atoms with Gasteiger partial charge in [-0.3, -0.25) is 4.84 Å². The molecule has 0 amide bonds. The fourth-order valence-corrected chi connectivity index (χ4v) is 3.71. The van der Waals surface area contributed by atoms with Crippen LogP contribution in [-0.4, -0.2) is 26.0 Å². The van der Waals surface area contributed by atoms with Gasteiger partial charge in [0.05, 0.1) is 11.5 Å². The van der Waals surface area contributed by atoms with Crippen molar-refractivity contribution in [3.05, 3.63) is 71.6 Å². The number of nitrogens with zero attached hydrogens (tertiary/aromatic N) is 1. The number of benzene rings is 2. The van der Waals surface area contributed by atoms with E-state index in [9.17, 15) is 12.8 Å². The molecule has 0 spiro atoms. The highest BCUT2D eigenvalue weighted by Gasteiger charge is 2.33. The molecule has 1 aliphatic heterocycles. The summed E-state index contributed by atoms with van der Waals surface area (Å²) >= 11 is 0. The number of hydrogen-bond acceptors (Lipinski definition) is 3. The number of sulfonamides is 1. The van der Waals surface area contributed by atoms with E-state index in [1.165, 1.54) is 12.1 Å². The highest BCUT2D eigenvalue weighted by Crippen LogP contribution is 2.24. The lowest BCUT2D eigenvalue weighted by molar-refractivity contribution is -0.0291. The van der Waals surface area contributed by atoms with Gasteiger partial charge >= 0.3 is 0 Å².